The highest BCUT2D eigenvalue weighted by Gasteiger charge is 2.04. The van der Waals surface area contributed by atoms with E-state index in [9.17, 15) is 0 Å². The normalized spacial score (nSPS) is 12.8. The van der Waals surface area contributed by atoms with Crippen molar-refractivity contribution in [3.8, 4) is 0 Å². The first-order chi connectivity index (χ1) is 11.1. The predicted molar refractivity (Wildman–Crippen MR) is 111 cm³/mol. The van der Waals surface area contributed by atoms with Crippen molar-refractivity contribution in [1.82, 2.24) is 10.6 Å². The minimum atomic E-state index is 0. The molecule has 0 fully saturated rings. The first-order valence-electron chi connectivity index (χ1n) is 8.76. The average molecular weight is 451 g/mol. The fourth-order valence-electron chi connectivity index (χ4n) is 1.92. The zero-order chi connectivity index (χ0) is 16.9. The largest absolute Gasteiger partial charge is 0.469 e. The van der Waals surface area contributed by atoms with Gasteiger partial charge in [-0.3, -0.25) is 4.99 Å². The first-order valence-corrected chi connectivity index (χ1v) is 8.76. The Morgan fingerprint density at radius 1 is 1.33 bits per heavy atom. The van der Waals surface area contributed by atoms with E-state index in [1.807, 2.05) is 12.1 Å². The van der Waals surface area contributed by atoms with Crippen molar-refractivity contribution in [3.63, 3.8) is 0 Å². The molecule has 1 unspecified atom stereocenters. The zero-order valence-corrected chi connectivity index (χ0v) is 17.8. The van der Waals surface area contributed by atoms with Gasteiger partial charge in [0.1, 0.15) is 5.76 Å². The standard InChI is InChI=1S/C18H33N3O2.HI/c1-5-16(4)21-18(19-10-7-12-22-14-15(2)3)20-11-9-17-8-6-13-23-17;/h6,8,13,15-16H,5,7,9-12,14H2,1-4H3,(H2,19,20,21);1H. The fourth-order valence-corrected chi connectivity index (χ4v) is 1.92. The molecule has 0 aliphatic rings. The van der Waals surface area contributed by atoms with E-state index in [1.54, 1.807) is 6.26 Å². The van der Waals surface area contributed by atoms with Crippen LogP contribution in [0.1, 0.15) is 46.3 Å². The number of ether oxygens (including phenoxy) is 1. The van der Waals surface area contributed by atoms with Crippen molar-refractivity contribution < 1.29 is 9.15 Å². The lowest BCUT2D eigenvalue weighted by molar-refractivity contribution is 0.109. The lowest BCUT2D eigenvalue weighted by Crippen LogP contribution is -2.42. The average Bonchev–Trinajstić information content (AvgIpc) is 3.03. The van der Waals surface area contributed by atoms with Crippen LogP contribution in [0, 0.1) is 5.92 Å². The van der Waals surface area contributed by atoms with Crippen molar-refractivity contribution in [2.24, 2.45) is 10.9 Å². The van der Waals surface area contributed by atoms with Gasteiger partial charge in [-0.2, -0.15) is 0 Å². The number of furan rings is 1. The third-order valence-corrected chi connectivity index (χ3v) is 3.41. The Labute approximate surface area is 164 Å². The highest BCUT2D eigenvalue weighted by molar-refractivity contribution is 14.0. The fraction of sp³-hybridized carbons (Fsp3) is 0.722. The Morgan fingerprint density at radius 2 is 2.12 bits per heavy atom. The maximum Gasteiger partial charge on any atom is 0.191 e. The number of nitrogens with zero attached hydrogens (tertiary/aromatic N) is 1. The van der Waals surface area contributed by atoms with Crippen LogP contribution < -0.4 is 10.6 Å². The van der Waals surface area contributed by atoms with E-state index in [0.717, 1.165) is 57.3 Å². The third kappa shape index (κ3) is 11.7. The highest BCUT2D eigenvalue weighted by atomic mass is 127. The molecule has 2 N–H and O–H groups in total. The van der Waals surface area contributed by atoms with Gasteiger partial charge in [0, 0.05) is 38.8 Å². The molecule has 1 aromatic heterocycles. The van der Waals surface area contributed by atoms with Crippen molar-refractivity contribution in [3.05, 3.63) is 24.2 Å². The number of nitrogens with one attached hydrogen (secondary N) is 2. The van der Waals surface area contributed by atoms with Crippen LogP contribution in [0.15, 0.2) is 27.8 Å². The molecule has 1 rings (SSSR count). The SMILES string of the molecule is CCC(C)NC(=NCCCOCC(C)C)NCCc1ccco1.I. The lowest BCUT2D eigenvalue weighted by atomic mass is 10.2. The van der Waals surface area contributed by atoms with E-state index in [1.165, 1.54) is 0 Å². The van der Waals surface area contributed by atoms with Crippen molar-refractivity contribution in [2.75, 3.05) is 26.3 Å². The van der Waals surface area contributed by atoms with Crippen LogP contribution in [-0.4, -0.2) is 38.3 Å². The molecule has 0 aromatic carbocycles. The summed E-state index contributed by atoms with van der Waals surface area (Å²) < 4.78 is 10.9. The van der Waals surface area contributed by atoms with E-state index in [-0.39, 0.29) is 24.0 Å². The molecule has 6 heteroatoms. The molecule has 0 spiro atoms. The van der Waals surface area contributed by atoms with E-state index in [0.29, 0.717) is 12.0 Å². The Morgan fingerprint density at radius 3 is 2.75 bits per heavy atom. The molecule has 0 aliphatic carbocycles. The van der Waals surface area contributed by atoms with Gasteiger partial charge >= 0.3 is 0 Å². The van der Waals surface area contributed by atoms with Crippen LogP contribution in [0.2, 0.25) is 0 Å². The second kappa shape index (κ2) is 14.6. The van der Waals surface area contributed by atoms with Gasteiger partial charge in [0.05, 0.1) is 6.26 Å². The number of guanidine groups is 1. The molecular formula is C18H34IN3O2. The first kappa shape index (κ1) is 23.2. The summed E-state index contributed by atoms with van der Waals surface area (Å²) in [5.41, 5.74) is 0. The molecule has 1 aromatic rings. The van der Waals surface area contributed by atoms with E-state index >= 15 is 0 Å². The van der Waals surface area contributed by atoms with Crippen molar-refractivity contribution >= 4 is 29.9 Å². The smallest absolute Gasteiger partial charge is 0.191 e. The van der Waals surface area contributed by atoms with E-state index < -0.39 is 0 Å². The summed E-state index contributed by atoms with van der Waals surface area (Å²) in [7, 11) is 0. The molecule has 0 radical (unpaired) electrons. The molecule has 0 amide bonds. The highest BCUT2D eigenvalue weighted by Crippen LogP contribution is 1.99. The number of hydrogen-bond acceptors (Lipinski definition) is 3. The van der Waals surface area contributed by atoms with Gasteiger partial charge in [-0.1, -0.05) is 20.8 Å². The molecule has 0 aliphatic heterocycles. The van der Waals surface area contributed by atoms with Gasteiger partial charge in [0.25, 0.3) is 0 Å². The van der Waals surface area contributed by atoms with Crippen molar-refractivity contribution in [1.29, 1.82) is 0 Å². The summed E-state index contributed by atoms with van der Waals surface area (Å²) in [5.74, 6) is 2.45. The van der Waals surface area contributed by atoms with Crippen LogP contribution in [0.4, 0.5) is 0 Å². The minimum absolute atomic E-state index is 0. The van der Waals surface area contributed by atoms with Crippen molar-refractivity contribution in [2.45, 2.75) is 53.0 Å². The molecule has 0 bridgehead atoms. The van der Waals surface area contributed by atoms with Gasteiger partial charge in [-0.25, -0.2) is 0 Å². The Hall–Kier alpha value is -0.760. The maximum atomic E-state index is 5.59. The van der Waals surface area contributed by atoms with Gasteiger partial charge in [0.2, 0.25) is 0 Å². The van der Waals surface area contributed by atoms with Gasteiger partial charge in [-0.15, -0.1) is 24.0 Å². The molecule has 1 heterocycles. The Bertz CT molecular complexity index is 422. The van der Waals surface area contributed by atoms with Crippen LogP contribution in [-0.2, 0) is 11.2 Å². The van der Waals surface area contributed by atoms with Gasteiger partial charge < -0.3 is 19.8 Å². The summed E-state index contributed by atoms with van der Waals surface area (Å²) >= 11 is 0. The number of rotatable bonds is 11. The number of hydrogen-bond donors (Lipinski definition) is 2. The van der Waals surface area contributed by atoms with E-state index in [2.05, 4.69) is 43.3 Å². The van der Waals surface area contributed by atoms with Gasteiger partial charge in [0.15, 0.2) is 5.96 Å². The summed E-state index contributed by atoms with van der Waals surface area (Å²) in [6.07, 6.45) is 4.57. The molecular weight excluding hydrogens is 417 g/mol. The van der Waals surface area contributed by atoms with Gasteiger partial charge in [-0.05, 0) is 37.8 Å². The summed E-state index contributed by atoms with van der Waals surface area (Å²) in [4.78, 5) is 4.63. The summed E-state index contributed by atoms with van der Waals surface area (Å²) in [6, 6.07) is 4.31. The van der Waals surface area contributed by atoms with Crippen LogP contribution >= 0.6 is 24.0 Å². The molecule has 0 saturated heterocycles. The maximum absolute atomic E-state index is 5.59. The van der Waals surface area contributed by atoms with Crippen LogP contribution in [0.5, 0.6) is 0 Å². The Balaban J connectivity index is 0.00000529. The Kier molecular flexibility index (Phi) is 14.1. The topological polar surface area (TPSA) is 58.8 Å². The quantitative estimate of drug-likeness (QED) is 0.232. The lowest BCUT2D eigenvalue weighted by Gasteiger charge is -2.17. The van der Waals surface area contributed by atoms with Crippen LogP contribution in [0.3, 0.4) is 0 Å². The zero-order valence-electron chi connectivity index (χ0n) is 15.5. The summed E-state index contributed by atoms with van der Waals surface area (Å²) in [5, 5.41) is 6.79. The molecule has 24 heavy (non-hydrogen) atoms. The predicted octanol–water partition coefficient (Wildman–Crippen LogP) is 3.84. The third-order valence-electron chi connectivity index (χ3n) is 3.41. The molecule has 140 valence electrons. The summed E-state index contributed by atoms with van der Waals surface area (Å²) in [6.45, 7) is 11.8. The van der Waals surface area contributed by atoms with Crippen LogP contribution in [0.25, 0.3) is 0 Å². The molecule has 5 nitrogen and oxygen atoms in total. The monoisotopic (exact) mass is 451 g/mol. The second-order valence-corrected chi connectivity index (χ2v) is 6.26. The molecule has 0 saturated carbocycles. The minimum Gasteiger partial charge on any atom is -0.469 e. The second-order valence-electron chi connectivity index (χ2n) is 6.26. The number of halogens is 1. The molecule has 1 atom stereocenters. The number of aliphatic imine (C=N–C) groups is 1. The van der Waals surface area contributed by atoms with E-state index in [4.69, 9.17) is 9.15 Å².